The monoisotopic (exact) mass is 313 g/mol. The summed E-state index contributed by atoms with van der Waals surface area (Å²) < 4.78 is 0.829. The van der Waals surface area contributed by atoms with E-state index in [-0.39, 0.29) is 6.04 Å². The molecule has 0 amide bonds. The van der Waals surface area contributed by atoms with E-state index in [2.05, 4.69) is 66.8 Å². The molecule has 1 nitrogen and oxygen atoms in total. The average molecular weight is 314 g/mol. The topological polar surface area (TPSA) is 12.0 Å². The van der Waals surface area contributed by atoms with Crippen LogP contribution in [0.1, 0.15) is 17.8 Å². The maximum atomic E-state index is 6.03. The molecule has 106 valence electrons. The molecule has 1 aromatic heterocycles. The lowest BCUT2D eigenvalue weighted by molar-refractivity contribution is 0.909. The fraction of sp³-hybridized carbons (Fsp3) is 0.111. The van der Waals surface area contributed by atoms with Crippen LogP contribution in [0.2, 0.25) is 4.34 Å². The van der Waals surface area contributed by atoms with Crippen molar-refractivity contribution in [2.45, 2.75) is 13.0 Å². The van der Waals surface area contributed by atoms with Crippen LogP contribution in [0.5, 0.6) is 0 Å². The van der Waals surface area contributed by atoms with Crippen LogP contribution in [0.15, 0.2) is 66.7 Å². The minimum absolute atomic E-state index is 0.229. The molecule has 0 aliphatic heterocycles. The zero-order chi connectivity index (χ0) is 14.7. The van der Waals surface area contributed by atoms with Crippen LogP contribution in [0, 0.1) is 0 Å². The number of halogens is 1. The number of hydrogen-bond donors (Lipinski definition) is 1. The summed E-state index contributed by atoms with van der Waals surface area (Å²) in [6.07, 6.45) is 0. The van der Waals surface area contributed by atoms with Gasteiger partial charge in [0.1, 0.15) is 0 Å². The lowest BCUT2D eigenvalue weighted by Crippen LogP contribution is -2.05. The van der Waals surface area contributed by atoms with E-state index in [1.807, 2.05) is 12.1 Å². The van der Waals surface area contributed by atoms with Crippen molar-refractivity contribution in [2.24, 2.45) is 0 Å². The minimum Gasteiger partial charge on any atom is -0.377 e. The van der Waals surface area contributed by atoms with Gasteiger partial charge in [0, 0.05) is 16.1 Å². The number of hydrogen-bond acceptors (Lipinski definition) is 2. The van der Waals surface area contributed by atoms with Crippen molar-refractivity contribution in [3.63, 3.8) is 0 Å². The summed E-state index contributed by atoms with van der Waals surface area (Å²) in [6, 6.07) is 23.1. The van der Waals surface area contributed by atoms with Crippen molar-refractivity contribution in [1.82, 2.24) is 0 Å². The smallest absolute Gasteiger partial charge is 0.0932 e. The number of anilines is 1. The van der Waals surface area contributed by atoms with Crippen LogP contribution in [0.3, 0.4) is 0 Å². The first-order chi connectivity index (χ1) is 10.2. The van der Waals surface area contributed by atoms with Gasteiger partial charge < -0.3 is 5.32 Å². The zero-order valence-corrected chi connectivity index (χ0v) is 13.3. The summed E-state index contributed by atoms with van der Waals surface area (Å²) in [4.78, 5) is 1.24. The molecule has 0 saturated carbocycles. The average Bonchev–Trinajstić information content (AvgIpc) is 2.95. The van der Waals surface area contributed by atoms with Crippen molar-refractivity contribution in [2.75, 3.05) is 5.32 Å². The third-order valence-corrected chi connectivity index (χ3v) is 4.82. The molecule has 1 atom stereocenters. The lowest BCUT2D eigenvalue weighted by atomic mass is 10.0. The van der Waals surface area contributed by atoms with E-state index in [1.54, 1.807) is 11.3 Å². The van der Waals surface area contributed by atoms with Gasteiger partial charge in [-0.2, -0.15) is 0 Å². The Labute approximate surface area is 134 Å². The number of thiophene rings is 1. The molecule has 3 rings (SSSR count). The van der Waals surface area contributed by atoms with Gasteiger partial charge in [-0.15, -0.1) is 11.3 Å². The second-order valence-electron chi connectivity index (χ2n) is 4.92. The first-order valence-corrected chi connectivity index (χ1v) is 8.10. The Balaban J connectivity index is 1.89. The molecule has 2 aromatic carbocycles. The normalized spacial score (nSPS) is 12.1. The molecule has 1 N–H and O–H groups in total. The largest absolute Gasteiger partial charge is 0.377 e. The predicted molar refractivity (Wildman–Crippen MR) is 93.2 cm³/mol. The standard InChI is InChI=1S/C18H16ClNS/c1-13(17-11-12-18(19)21-17)20-16-10-6-5-9-15(16)14-7-3-2-4-8-14/h2-13,20H,1H3. The Morgan fingerprint density at radius 3 is 2.33 bits per heavy atom. The van der Waals surface area contributed by atoms with Crippen LogP contribution in [0.4, 0.5) is 5.69 Å². The summed E-state index contributed by atoms with van der Waals surface area (Å²) >= 11 is 7.65. The van der Waals surface area contributed by atoms with Gasteiger partial charge in [0.15, 0.2) is 0 Å². The molecule has 21 heavy (non-hydrogen) atoms. The second kappa shape index (κ2) is 6.33. The van der Waals surface area contributed by atoms with E-state index in [1.165, 1.54) is 16.0 Å². The van der Waals surface area contributed by atoms with Crippen LogP contribution in [-0.2, 0) is 0 Å². The highest BCUT2D eigenvalue weighted by atomic mass is 35.5. The summed E-state index contributed by atoms with van der Waals surface area (Å²) in [5.74, 6) is 0. The van der Waals surface area contributed by atoms with Crippen LogP contribution >= 0.6 is 22.9 Å². The summed E-state index contributed by atoms with van der Waals surface area (Å²) in [5.41, 5.74) is 3.57. The molecular weight excluding hydrogens is 298 g/mol. The van der Waals surface area contributed by atoms with Crippen molar-refractivity contribution < 1.29 is 0 Å². The Bertz CT molecular complexity index is 721. The van der Waals surface area contributed by atoms with Gasteiger partial charge in [0.05, 0.1) is 10.4 Å². The molecule has 1 heterocycles. The first-order valence-electron chi connectivity index (χ1n) is 6.90. The molecule has 0 saturated heterocycles. The molecule has 1 unspecified atom stereocenters. The molecular formula is C18H16ClNS. The third kappa shape index (κ3) is 3.29. The summed E-state index contributed by atoms with van der Waals surface area (Å²) in [5, 5.41) is 3.59. The first kappa shape index (κ1) is 14.2. The molecule has 0 radical (unpaired) electrons. The third-order valence-electron chi connectivity index (χ3n) is 3.40. The van der Waals surface area contributed by atoms with Crippen molar-refractivity contribution in [3.05, 3.63) is 75.9 Å². The highest BCUT2D eigenvalue weighted by Crippen LogP contribution is 2.33. The van der Waals surface area contributed by atoms with Gasteiger partial charge in [-0.3, -0.25) is 0 Å². The highest BCUT2D eigenvalue weighted by molar-refractivity contribution is 7.16. The number of rotatable bonds is 4. The van der Waals surface area contributed by atoms with Crippen molar-refractivity contribution >= 4 is 28.6 Å². The maximum absolute atomic E-state index is 6.03. The Kier molecular flexibility index (Phi) is 4.28. The summed E-state index contributed by atoms with van der Waals surface area (Å²) in [6.45, 7) is 2.16. The molecule has 0 fully saturated rings. The van der Waals surface area contributed by atoms with Gasteiger partial charge in [-0.1, -0.05) is 60.1 Å². The quantitative estimate of drug-likeness (QED) is 0.601. The van der Waals surface area contributed by atoms with Gasteiger partial charge in [-0.05, 0) is 30.7 Å². The Hall–Kier alpha value is -1.77. The lowest BCUT2D eigenvalue weighted by Gasteiger charge is -2.17. The van der Waals surface area contributed by atoms with Crippen molar-refractivity contribution in [1.29, 1.82) is 0 Å². The van der Waals surface area contributed by atoms with E-state index < -0.39 is 0 Å². The van der Waals surface area contributed by atoms with Crippen LogP contribution < -0.4 is 5.32 Å². The van der Waals surface area contributed by atoms with E-state index in [4.69, 9.17) is 11.6 Å². The van der Waals surface area contributed by atoms with Gasteiger partial charge >= 0.3 is 0 Å². The fourth-order valence-corrected chi connectivity index (χ4v) is 3.41. The van der Waals surface area contributed by atoms with Crippen LogP contribution in [-0.4, -0.2) is 0 Å². The molecule has 0 bridgehead atoms. The van der Waals surface area contributed by atoms with E-state index in [9.17, 15) is 0 Å². The Morgan fingerprint density at radius 1 is 0.905 bits per heavy atom. The SMILES string of the molecule is CC(Nc1ccccc1-c1ccccc1)c1ccc(Cl)s1. The van der Waals surface area contributed by atoms with E-state index in [0.29, 0.717) is 0 Å². The fourth-order valence-electron chi connectivity index (χ4n) is 2.34. The number of benzene rings is 2. The zero-order valence-electron chi connectivity index (χ0n) is 11.7. The highest BCUT2D eigenvalue weighted by Gasteiger charge is 2.11. The van der Waals surface area contributed by atoms with Gasteiger partial charge in [0.25, 0.3) is 0 Å². The maximum Gasteiger partial charge on any atom is 0.0932 e. The van der Waals surface area contributed by atoms with E-state index in [0.717, 1.165) is 10.0 Å². The van der Waals surface area contributed by atoms with E-state index >= 15 is 0 Å². The number of nitrogens with one attached hydrogen (secondary N) is 1. The van der Waals surface area contributed by atoms with Gasteiger partial charge in [0.2, 0.25) is 0 Å². The van der Waals surface area contributed by atoms with Crippen molar-refractivity contribution in [3.8, 4) is 11.1 Å². The minimum atomic E-state index is 0.229. The molecule has 3 aromatic rings. The second-order valence-corrected chi connectivity index (χ2v) is 6.67. The predicted octanol–water partition coefficient (Wildman–Crippen LogP) is 6.24. The number of para-hydroxylation sites is 1. The summed E-state index contributed by atoms with van der Waals surface area (Å²) in [7, 11) is 0. The molecule has 0 aliphatic rings. The van der Waals surface area contributed by atoms with Crippen LogP contribution in [0.25, 0.3) is 11.1 Å². The Morgan fingerprint density at radius 2 is 1.62 bits per heavy atom. The molecule has 0 spiro atoms. The molecule has 3 heteroatoms. The molecule has 0 aliphatic carbocycles. The van der Waals surface area contributed by atoms with Gasteiger partial charge in [-0.25, -0.2) is 0 Å².